The highest BCUT2D eigenvalue weighted by atomic mass is 35.6. The standard InChI is InChI=1S/C10H17Cl3N2O3S/c1-15(8(10(11,12)13)19(2,17)18)9(16)14-7-5-3-4-6-7/h7-8H,3-6H2,1-2H3,(H,14,16). The van der Waals surface area contributed by atoms with Crippen molar-refractivity contribution in [3.8, 4) is 0 Å². The lowest BCUT2D eigenvalue weighted by Gasteiger charge is -2.32. The maximum absolute atomic E-state index is 12.0. The molecule has 19 heavy (non-hydrogen) atoms. The molecule has 0 saturated heterocycles. The summed E-state index contributed by atoms with van der Waals surface area (Å²) in [5.41, 5.74) is 0. The van der Waals surface area contributed by atoms with E-state index >= 15 is 0 Å². The first-order valence-electron chi connectivity index (χ1n) is 5.82. The fourth-order valence-corrected chi connectivity index (χ4v) is 5.25. The molecule has 1 unspecified atom stereocenters. The molecule has 1 aliphatic rings. The van der Waals surface area contributed by atoms with Crippen molar-refractivity contribution in [3.63, 3.8) is 0 Å². The lowest BCUT2D eigenvalue weighted by Crippen LogP contribution is -2.54. The Hall–Kier alpha value is 0.0900. The molecule has 1 rings (SSSR count). The molecule has 0 spiro atoms. The Labute approximate surface area is 128 Å². The molecule has 0 radical (unpaired) electrons. The largest absolute Gasteiger partial charge is 0.335 e. The first kappa shape index (κ1) is 17.1. The second kappa shape index (κ2) is 6.24. The Morgan fingerprint density at radius 1 is 1.32 bits per heavy atom. The fourth-order valence-electron chi connectivity index (χ4n) is 2.20. The zero-order valence-corrected chi connectivity index (χ0v) is 13.8. The number of sulfone groups is 1. The van der Waals surface area contributed by atoms with Gasteiger partial charge in [0.1, 0.15) is 0 Å². The van der Waals surface area contributed by atoms with E-state index in [0.717, 1.165) is 36.8 Å². The first-order valence-corrected chi connectivity index (χ1v) is 8.91. The highest BCUT2D eigenvalue weighted by molar-refractivity contribution is 7.91. The molecular weight excluding hydrogens is 335 g/mol. The van der Waals surface area contributed by atoms with Crippen LogP contribution < -0.4 is 5.32 Å². The minimum Gasteiger partial charge on any atom is -0.335 e. The van der Waals surface area contributed by atoms with Crippen LogP contribution in [0.2, 0.25) is 0 Å². The Balaban J connectivity index is 2.81. The van der Waals surface area contributed by atoms with Crippen molar-refractivity contribution >= 4 is 50.7 Å². The van der Waals surface area contributed by atoms with Crippen LogP contribution in [0.5, 0.6) is 0 Å². The predicted octanol–water partition coefficient (Wildman–Crippen LogP) is 2.31. The van der Waals surface area contributed by atoms with Gasteiger partial charge in [0.15, 0.2) is 15.2 Å². The summed E-state index contributed by atoms with van der Waals surface area (Å²) in [6.45, 7) is 0. The van der Waals surface area contributed by atoms with E-state index in [-0.39, 0.29) is 6.04 Å². The molecule has 2 amide bonds. The first-order chi connectivity index (χ1) is 8.53. The number of amides is 2. The maximum atomic E-state index is 12.0. The van der Waals surface area contributed by atoms with Gasteiger partial charge in [0.05, 0.1) is 0 Å². The summed E-state index contributed by atoms with van der Waals surface area (Å²) in [6.07, 6.45) is 4.80. The Bertz CT molecular complexity index is 430. The van der Waals surface area contributed by atoms with Crippen molar-refractivity contribution in [2.75, 3.05) is 13.3 Å². The molecule has 0 bridgehead atoms. The Morgan fingerprint density at radius 2 is 1.79 bits per heavy atom. The third-order valence-corrected chi connectivity index (χ3v) is 5.53. The van der Waals surface area contributed by atoms with Gasteiger partial charge in [-0.25, -0.2) is 13.2 Å². The summed E-state index contributed by atoms with van der Waals surface area (Å²) >= 11 is 17.0. The van der Waals surface area contributed by atoms with Crippen molar-refractivity contribution in [1.29, 1.82) is 0 Å². The molecule has 0 aromatic heterocycles. The Kier molecular flexibility index (Phi) is 5.63. The van der Waals surface area contributed by atoms with Gasteiger partial charge in [-0.3, -0.25) is 0 Å². The van der Waals surface area contributed by atoms with Gasteiger partial charge in [-0.15, -0.1) is 0 Å². The fraction of sp³-hybridized carbons (Fsp3) is 0.900. The number of urea groups is 1. The van der Waals surface area contributed by atoms with Gasteiger partial charge in [-0.1, -0.05) is 47.6 Å². The average Bonchev–Trinajstić information content (AvgIpc) is 2.65. The molecule has 1 aliphatic carbocycles. The molecule has 0 aromatic carbocycles. The van der Waals surface area contributed by atoms with Crippen LogP contribution in [0.3, 0.4) is 0 Å². The number of hydrogen-bond acceptors (Lipinski definition) is 3. The van der Waals surface area contributed by atoms with Crippen LogP contribution in [0.4, 0.5) is 4.79 Å². The quantitative estimate of drug-likeness (QED) is 0.793. The summed E-state index contributed by atoms with van der Waals surface area (Å²) in [5, 5.41) is 1.23. The van der Waals surface area contributed by atoms with E-state index < -0.39 is 25.0 Å². The van der Waals surface area contributed by atoms with Gasteiger partial charge < -0.3 is 10.2 Å². The van der Waals surface area contributed by atoms with Gasteiger partial charge in [0.2, 0.25) is 3.79 Å². The monoisotopic (exact) mass is 350 g/mol. The van der Waals surface area contributed by atoms with Crippen molar-refractivity contribution in [2.45, 2.75) is 40.9 Å². The van der Waals surface area contributed by atoms with Crippen LogP contribution in [0.25, 0.3) is 0 Å². The molecule has 0 aliphatic heterocycles. The lowest BCUT2D eigenvalue weighted by atomic mass is 10.2. The van der Waals surface area contributed by atoms with Crippen molar-refractivity contribution in [1.82, 2.24) is 10.2 Å². The highest BCUT2D eigenvalue weighted by Gasteiger charge is 2.45. The van der Waals surface area contributed by atoms with Crippen molar-refractivity contribution in [2.24, 2.45) is 0 Å². The summed E-state index contributed by atoms with van der Waals surface area (Å²) < 4.78 is 21.3. The summed E-state index contributed by atoms with van der Waals surface area (Å²) in [7, 11) is -2.43. The molecule has 1 saturated carbocycles. The molecule has 1 atom stereocenters. The number of halogens is 3. The molecule has 1 fully saturated rings. The topological polar surface area (TPSA) is 66.5 Å². The normalized spacial score (nSPS) is 19.2. The second-order valence-electron chi connectivity index (χ2n) is 4.77. The molecular formula is C10H17Cl3N2O3S. The van der Waals surface area contributed by atoms with Crippen LogP contribution in [-0.2, 0) is 9.84 Å². The smallest absolute Gasteiger partial charge is 0.318 e. The zero-order valence-electron chi connectivity index (χ0n) is 10.7. The van der Waals surface area contributed by atoms with E-state index in [9.17, 15) is 13.2 Å². The van der Waals surface area contributed by atoms with Crippen molar-refractivity contribution in [3.05, 3.63) is 0 Å². The third-order valence-electron chi connectivity index (χ3n) is 3.04. The number of hydrogen-bond donors (Lipinski definition) is 1. The second-order valence-corrected chi connectivity index (χ2v) is 9.24. The molecule has 1 N–H and O–H groups in total. The number of carbonyl (C=O) groups is 1. The molecule has 0 heterocycles. The lowest BCUT2D eigenvalue weighted by molar-refractivity contribution is 0.199. The van der Waals surface area contributed by atoms with E-state index in [0.29, 0.717) is 0 Å². The summed E-state index contributed by atoms with van der Waals surface area (Å²) in [5.74, 6) is 0. The van der Waals surface area contributed by atoms with Gasteiger partial charge in [-0.05, 0) is 12.8 Å². The van der Waals surface area contributed by atoms with E-state index in [4.69, 9.17) is 34.8 Å². The van der Waals surface area contributed by atoms with E-state index in [1.807, 2.05) is 0 Å². The number of rotatable bonds is 3. The van der Waals surface area contributed by atoms with Crippen molar-refractivity contribution < 1.29 is 13.2 Å². The van der Waals surface area contributed by atoms with Crippen LogP contribution in [0.1, 0.15) is 25.7 Å². The van der Waals surface area contributed by atoms with E-state index in [1.165, 1.54) is 7.05 Å². The summed E-state index contributed by atoms with van der Waals surface area (Å²) in [6, 6.07) is -0.487. The van der Waals surface area contributed by atoms with Crippen LogP contribution in [0.15, 0.2) is 0 Å². The van der Waals surface area contributed by atoms with Gasteiger partial charge >= 0.3 is 6.03 Å². The molecule has 5 nitrogen and oxygen atoms in total. The number of nitrogens with zero attached hydrogens (tertiary/aromatic N) is 1. The van der Waals surface area contributed by atoms with Gasteiger partial charge in [0.25, 0.3) is 0 Å². The number of nitrogens with one attached hydrogen (secondary N) is 1. The average molecular weight is 352 g/mol. The molecule has 0 aromatic rings. The van der Waals surface area contributed by atoms with Crippen LogP contribution in [0, 0.1) is 0 Å². The van der Waals surface area contributed by atoms with Gasteiger partial charge in [-0.2, -0.15) is 0 Å². The molecule has 9 heteroatoms. The zero-order chi connectivity index (χ0) is 14.8. The Morgan fingerprint density at radius 3 is 2.16 bits per heavy atom. The van der Waals surface area contributed by atoms with Gasteiger partial charge in [0, 0.05) is 19.3 Å². The highest BCUT2D eigenvalue weighted by Crippen LogP contribution is 2.35. The van der Waals surface area contributed by atoms with Crippen LogP contribution in [-0.4, -0.2) is 47.9 Å². The number of carbonyl (C=O) groups excluding carboxylic acids is 1. The summed E-state index contributed by atoms with van der Waals surface area (Å²) in [4.78, 5) is 12.9. The minimum absolute atomic E-state index is 0.0607. The van der Waals surface area contributed by atoms with E-state index in [1.54, 1.807) is 0 Å². The minimum atomic E-state index is -3.73. The third kappa shape index (κ3) is 4.85. The predicted molar refractivity (Wildman–Crippen MR) is 77.5 cm³/mol. The van der Waals surface area contributed by atoms with E-state index in [2.05, 4.69) is 5.32 Å². The maximum Gasteiger partial charge on any atom is 0.318 e. The SMILES string of the molecule is CN(C(=O)NC1CCCC1)C(C(Cl)(Cl)Cl)S(C)(=O)=O. The number of alkyl halides is 3. The van der Waals surface area contributed by atoms with Crippen LogP contribution >= 0.6 is 34.8 Å². The molecule has 112 valence electrons.